The number of benzene rings is 2. The summed E-state index contributed by atoms with van der Waals surface area (Å²) in [5.41, 5.74) is 2.79. The van der Waals surface area contributed by atoms with Gasteiger partial charge in [0.15, 0.2) is 0 Å². The van der Waals surface area contributed by atoms with Gasteiger partial charge in [0, 0.05) is 17.0 Å². The minimum atomic E-state index is -0.251. The second kappa shape index (κ2) is 4.66. The molecule has 2 aromatic carbocycles. The van der Waals surface area contributed by atoms with Crippen LogP contribution in [0.2, 0.25) is 0 Å². The topological polar surface area (TPSA) is 41.0 Å². The summed E-state index contributed by atoms with van der Waals surface area (Å²) >= 11 is 0. The van der Waals surface area contributed by atoms with Crippen molar-refractivity contribution in [3.8, 4) is 0 Å². The standard InChI is InChI=1S/C17H13FN2O/c18-13-4-5-16-12(8-13)9-14(21-16)10-20-15-3-1-2-11-6-7-19-17(11)15/h1-9,19-20H,10H2. The summed E-state index contributed by atoms with van der Waals surface area (Å²) in [4.78, 5) is 3.22. The number of hydrogen-bond donors (Lipinski definition) is 2. The van der Waals surface area contributed by atoms with Crippen molar-refractivity contribution in [2.24, 2.45) is 0 Å². The molecule has 21 heavy (non-hydrogen) atoms. The highest BCUT2D eigenvalue weighted by atomic mass is 19.1. The van der Waals surface area contributed by atoms with Gasteiger partial charge in [-0.15, -0.1) is 0 Å². The number of halogens is 1. The van der Waals surface area contributed by atoms with E-state index >= 15 is 0 Å². The summed E-state index contributed by atoms with van der Waals surface area (Å²) in [7, 11) is 0. The molecule has 2 heterocycles. The second-order valence-electron chi connectivity index (χ2n) is 5.00. The predicted octanol–water partition coefficient (Wildman–Crippen LogP) is 4.67. The molecule has 0 bridgehead atoms. The van der Waals surface area contributed by atoms with Crippen LogP contribution >= 0.6 is 0 Å². The lowest BCUT2D eigenvalue weighted by atomic mass is 10.2. The van der Waals surface area contributed by atoms with Gasteiger partial charge in [-0.2, -0.15) is 0 Å². The van der Waals surface area contributed by atoms with Crippen LogP contribution in [0.25, 0.3) is 21.9 Å². The Hall–Kier alpha value is -2.75. The molecule has 4 heteroatoms. The smallest absolute Gasteiger partial charge is 0.134 e. The van der Waals surface area contributed by atoms with Crippen molar-refractivity contribution in [1.29, 1.82) is 0 Å². The van der Waals surface area contributed by atoms with Crippen molar-refractivity contribution in [2.45, 2.75) is 6.54 Å². The van der Waals surface area contributed by atoms with Crippen LogP contribution in [0, 0.1) is 5.82 Å². The monoisotopic (exact) mass is 280 g/mol. The van der Waals surface area contributed by atoms with Crippen molar-refractivity contribution in [2.75, 3.05) is 5.32 Å². The van der Waals surface area contributed by atoms with Gasteiger partial charge >= 0.3 is 0 Å². The van der Waals surface area contributed by atoms with Gasteiger partial charge in [0.1, 0.15) is 17.2 Å². The zero-order valence-electron chi connectivity index (χ0n) is 11.2. The fourth-order valence-electron chi connectivity index (χ4n) is 2.57. The third kappa shape index (κ3) is 2.14. The number of anilines is 1. The molecule has 0 amide bonds. The van der Waals surface area contributed by atoms with E-state index in [-0.39, 0.29) is 5.82 Å². The lowest BCUT2D eigenvalue weighted by Crippen LogP contribution is -1.98. The van der Waals surface area contributed by atoms with Crippen LogP contribution in [0.3, 0.4) is 0 Å². The lowest BCUT2D eigenvalue weighted by Gasteiger charge is -2.05. The highest BCUT2D eigenvalue weighted by Gasteiger charge is 2.06. The van der Waals surface area contributed by atoms with Gasteiger partial charge in [-0.05, 0) is 36.4 Å². The van der Waals surface area contributed by atoms with Crippen LogP contribution in [-0.2, 0) is 6.54 Å². The number of para-hydroxylation sites is 1. The van der Waals surface area contributed by atoms with Gasteiger partial charge in [0.25, 0.3) is 0 Å². The summed E-state index contributed by atoms with van der Waals surface area (Å²) in [5.74, 6) is 0.526. The Morgan fingerprint density at radius 1 is 1.05 bits per heavy atom. The largest absolute Gasteiger partial charge is 0.459 e. The molecule has 0 aliphatic heterocycles. The predicted molar refractivity (Wildman–Crippen MR) is 81.8 cm³/mol. The van der Waals surface area contributed by atoms with Gasteiger partial charge in [0.2, 0.25) is 0 Å². The van der Waals surface area contributed by atoms with Crippen molar-refractivity contribution in [3.05, 3.63) is 66.3 Å². The van der Waals surface area contributed by atoms with Crippen molar-refractivity contribution in [1.82, 2.24) is 4.98 Å². The molecule has 3 nitrogen and oxygen atoms in total. The fraction of sp³-hybridized carbons (Fsp3) is 0.0588. The maximum atomic E-state index is 13.2. The molecule has 0 saturated carbocycles. The first kappa shape index (κ1) is 12.0. The van der Waals surface area contributed by atoms with Crippen LogP contribution in [0.1, 0.15) is 5.76 Å². The highest BCUT2D eigenvalue weighted by Crippen LogP contribution is 2.24. The number of hydrogen-bond acceptors (Lipinski definition) is 2. The molecular weight excluding hydrogens is 267 g/mol. The third-order valence-corrected chi connectivity index (χ3v) is 3.57. The van der Waals surface area contributed by atoms with E-state index in [1.807, 2.05) is 30.5 Å². The molecule has 0 aliphatic rings. The van der Waals surface area contributed by atoms with Gasteiger partial charge in [-0.25, -0.2) is 4.39 Å². The number of fused-ring (bicyclic) bond motifs is 2. The van der Waals surface area contributed by atoms with Gasteiger partial charge < -0.3 is 14.7 Å². The number of rotatable bonds is 3. The van der Waals surface area contributed by atoms with E-state index < -0.39 is 0 Å². The number of aromatic nitrogens is 1. The Labute approximate surface area is 120 Å². The van der Waals surface area contributed by atoms with Gasteiger partial charge in [-0.3, -0.25) is 0 Å². The average Bonchev–Trinajstić information content (AvgIpc) is 3.10. The van der Waals surface area contributed by atoms with Crippen LogP contribution in [0.15, 0.2) is 59.1 Å². The van der Waals surface area contributed by atoms with Crippen molar-refractivity contribution in [3.63, 3.8) is 0 Å². The molecule has 0 saturated heterocycles. The second-order valence-corrected chi connectivity index (χ2v) is 5.00. The van der Waals surface area contributed by atoms with E-state index in [1.54, 1.807) is 6.07 Å². The first-order valence-electron chi connectivity index (χ1n) is 6.77. The molecule has 0 fully saturated rings. The van der Waals surface area contributed by atoms with E-state index in [0.29, 0.717) is 12.1 Å². The van der Waals surface area contributed by atoms with Crippen LogP contribution in [0.4, 0.5) is 10.1 Å². The first-order valence-corrected chi connectivity index (χ1v) is 6.77. The maximum Gasteiger partial charge on any atom is 0.134 e. The summed E-state index contributed by atoms with van der Waals surface area (Å²) in [6.07, 6.45) is 1.92. The summed E-state index contributed by atoms with van der Waals surface area (Å²) in [5, 5.41) is 5.29. The molecule has 0 spiro atoms. The Bertz CT molecular complexity index is 923. The van der Waals surface area contributed by atoms with E-state index in [4.69, 9.17) is 4.42 Å². The number of furan rings is 1. The molecule has 2 N–H and O–H groups in total. The Kier molecular flexibility index (Phi) is 2.67. The molecule has 4 aromatic rings. The average molecular weight is 280 g/mol. The van der Waals surface area contributed by atoms with Crippen LogP contribution in [-0.4, -0.2) is 4.98 Å². The van der Waals surface area contributed by atoms with Crippen molar-refractivity contribution < 1.29 is 8.81 Å². The lowest BCUT2D eigenvalue weighted by molar-refractivity contribution is 0.558. The molecule has 0 radical (unpaired) electrons. The Morgan fingerprint density at radius 2 is 2.00 bits per heavy atom. The van der Waals surface area contributed by atoms with E-state index in [9.17, 15) is 4.39 Å². The number of nitrogens with one attached hydrogen (secondary N) is 2. The Balaban J connectivity index is 1.61. The number of H-pyrrole nitrogens is 1. The zero-order chi connectivity index (χ0) is 14.2. The first-order chi connectivity index (χ1) is 10.3. The minimum Gasteiger partial charge on any atom is -0.459 e. The van der Waals surface area contributed by atoms with E-state index in [2.05, 4.69) is 16.4 Å². The summed E-state index contributed by atoms with van der Waals surface area (Å²) in [6.45, 7) is 0.550. The summed E-state index contributed by atoms with van der Waals surface area (Å²) < 4.78 is 18.9. The quantitative estimate of drug-likeness (QED) is 0.572. The molecule has 104 valence electrons. The highest BCUT2D eigenvalue weighted by molar-refractivity contribution is 5.90. The summed E-state index contributed by atoms with van der Waals surface area (Å²) in [6, 6.07) is 14.5. The Morgan fingerprint density at radius 3 is 2.95 bits per heavy atom. The molecule has 2 aromatic heterocycles. The zero-order valence-corrected chi connectivity index (χ0v) is 11.2. The molecule has 0 aliphatic carbocycles. The maximum absolute atomic E-state index is 13.2. The third-order valence-electron chi connectivity index (χ3n) is 3.57. The van der Waals surface area contributed by atoms with E-state index in [1.165, 1.54) is 12.1 Å². The molecule has 0 unspecified atom stereocenters. The molecule has 4 rings (SSSR count). The number of aromatic amines is 1. The van der Waals surface area contributed by atoms with Crippen molar-refractivity contribution >= 4 is 27.6 Å². The van der Waals surface area contributed by atoms with E-state index in [0.717, 1.165) is 27.7 Å². The van der Waals surface area contributed by atoms with Crippen LogP contribution < -0.4 is 5.32 Å². The van der Waals surface area contributed by atoms with Crippen LogP contribution in [0.5, 0.6) is 0 Å². The van der Waals surface area contributed by atoms with Gasteiger partial charge in [-0.1, -0.05) is 12.1 Å². The SMILES string of the molecule is Fc1ccc2oc(CNc3cccc4cc[nH]c34)cc2c1. The minimum absolute atomic E-state index is 0.251. The molecule has 0 atom stereocenters. The fourth-order valence-corrected chi connectivity index (χ4v) is 2.57. The van der Waals surface area contributed by atoms with Gasteiger partial charge in [0.05, 0.1) is 17.7 Å². The normalized spacial score (nSPS) is 11.3. The molecular formula is C17H13FN2O.